The second kappa shape index (κ2) is 12.2. The number of unbranched alkanes of at least 4 members (excludes halogenated alkanes) is 1. The number of anilines is 1. The molecule has 9 heteroatoms. The highest BCUT2D eigenvalue weighted by Crippen LogP contribution is 2.13. The maximum Gasteiger partial charge on any atom is 0.306 e. The molecule has 1 aromatic rings. The van der Waals surface area contributed by atoms with Crippen LogP contribution < -0.4 is 10.6 Å². The fourth-order valence-corrected chi connectivity index (χ4v) is 2.67. The zero-order valence-electron chi connectivity index (χ0n) is 18.4. The zero-order valence-corrected chi connectivity index (χ0v) is 18.4. The number of carbonyl (C=O) groups excluding carboxylic acids is 4. The topological polar surface area (TPSA) is 142 Å². The third-order valence-corrected chi connectivity index (χ3v) is 4.16. The molecule has 0 unspecified atom stereocenters. The molecule has 2 atom stereocenters. The Morgan fingerprint density at radius 3 is 2.13 bits per heavy atom. The average molecular weight is 437 g/mol. The largest absolute Gasteiger partial charge is 0.460 e. The minimum atomic E-state index is -1.21. The molecular weight excluding hydrogens is 404 g/mol. The van der Waals surface area contributed by atoms with E-state index in [2.05, 4.69) is 10.6 Å². The van der Waals surface area contributed by atoms with Gasteiger partial charge in [0.05, 0.1) is 6.10 Å². The summed E-state index contributed by atoms with van der Waals surface area (Å²) in [5, 5.41) is 23.6. The molecule has 0 aromatic heterocycles. The van der Waals surface area contributed by atoms with Gasteiger partial charge in [-0.2, -0.15) is 0 Å². The van der Waals surface area contributed by atoms with Gasteiger partial charge in [-0.3, -0.25) is 19.2 Å². The van der Waals surface area contributed by atoms with E-state index in [-0.39, 0.29) is 30.3 Å². The number of Topliss-reactive ketones (excluding diaryl/α,β-unsaturated/α-hetero) is 1. The fourth-order valence-electron chi connectivity index (χ4n) is 2.67. The van der Waals surface area contributed by atoms with E-state index in [1.165, 1.54) is 19.1 Å². The first kappa shape index (κ1) is 26.3. The maximum atomic E-state index is 12.2. The molecule has 0 aliphatic carbocycles. The van der Waals surface area contributed by atoms with Crippen molar-refractivity contribution in [3.8, 4) is 0 Å². The van der Waals surface area contributed by atoms with Crippen molar-refractivity contribution in [2.75, 3.05) is 11.9 Å². The van der Waals surface area contributed by atoms with Gasteiger partial charge in [0.25, 0.3) is 5.91 Å². The number of aliphatic hydroxyl groups excluding tert-OH is 2. The molecule has 1 rings (SSSR count). The molecule has 31 heavy (non-hydrogen) atoms. The molecule has 0 saturated carbocycles. The van der Waals surface area contributed by atoms with Crippen molar-refractivity contribution >= 4 is 29.3 Å². The van der Waals surface area contributed by atoms with Crippen molar-refractivity contribution in [3.63, 3.8) is 0 Å². The number of esters is 1. The Morgan fingerprint density at radius 2 is 1.61 bits per heavy atom. The van der Waals surface area contributed by atoms with E-state index in [9.17, 15) is 24.3 Å². The molecule has 0 aliphatic heterocycles. The van der Waals surface area contributed by atoms with Gasteiger partial charge in [0, 0.05) is 24.1 Å². The Morgan fingerprint density at radius 1 is 1.03 bits per heavy atom. The first-order chi connectivity index (χ1) is 14.4. The SMILES string of the molecule is C[C@@H](O)[C@H](NC(=O)c1ccc(NC(=O)CCCCC(=O)OC(C)(C)C)cc1)C(=O)CO. The van der Waals surface area contributed by atoms with Crippen LogP contribution >= 0.6 is 0 Å². The van der Waals surface area contributed by atoms with Crippen LogP contribution in [0.2, 0.25) is 0 Å². The molecule has 0 spiro atoms. The van der Waals surface area contributed by atoms with Crippen LogP contribution in [0.4, 0.5) is 5.69 Å². The van der Waals surface area contributed by atoms with Gasteiger partial charge in [-0.15, -0.1) is 0 Å². The lowest BCUT2D eigenvalue weighted by Crippen LogP contribution is -2.48. The van der Waals surface area contributed by atoms with E-state index >= 15 is 0 Å². The van der Waals surface area contributed by atoms with Crippen molar-refractivity contribution in [1.82, 2.24) is 5.32 Å². The summed E-state index contributed by atoms with van der Waals surface area (Å²) < 4.78 is 5.21. The number of aliphatic hydroxyl groups is 2. The molecule has 0 radical (unpaired) electrons. The Hall–Kier alpha value is -2.78. The van der Waals surface area contributed by atoms with Crippen molar-refractivity contribution in [2.24, 2.45) is 0 Å². The van der Waals surface area contributed by atoms with Gasteiger partial charge in [0.1, 0.15) is 18.2 Å². The van der Waals surface area contributed by atoms with Gasteiger partial charge in [-0.05, 0) is 64.8 Å². The summed E-state index contributed by atoms with van der Waals surface area (Å²) >= 11 is 0. The number of ether oxygens (including phenoxy) is 1. The molecule has 0 aliphatic rings. The summed E-state index contributed by atoms with van der Waals surface area (Å²) in [5.41, 5.74) is 0.197. The summed E-state index contributed by atoms with van der Waals surface area (Å²) in [6.45, 7) is 5.94. The van der Waals surface area contributed by atoms with Crippen LogP contribution in [0.25, 0.3) is 0 Å². The smallest absolute Gasteiger partial charge is 0.306 e. The highest BCUT2D eigenvalue weighted by atomic mass is 16.6. The Balaban J connectivity index is 2.47. The summed E-state index contributed by atoms with van der Waals surface area (Å²) in [5.74, 6) is -1.80. The predicted octanol–water partition coefficient (Wildman–Crippen LogP) is 1.57. The standard InChI is InChI=1S/C22H32N2O7/c1-14(26)20(17(27)13-25)24-21(30)15-9-11-16(12-10-15)23-18(28)7-5-6-8-19(29)31-22(2,3)4/h9-12,14,20,25-26H,5-8,13H2,1-4H3,(H,23,28)(H,24,30)/t14-,20+/m1/s1. The van der Waals surface area contributed by atoms with Crippen molar-refractivity contribution < 1.29 is 34.1 Å². The van der Waals surface area contributed by atoms with Crippen LogP contribution in [-0.4, -0.2) is 58.1 Å². The van der Waals surface area contributed by atoms with Gasteiger partial charge < -0.3 is 25.6 Å². The highest BCUT2D eigenvalue weighted by molar-refractivity contribution is 5.99. The number of carbonyl (C=O) groups is 4. The van der Waals surface area contributed by atoms with E-state index in [1.807, 2.05) is 0 Å². The lowest BCUT2D eigenvalue weighted by Gasteiger charge is -2.19. The Kier molecular flexibility index (Phi) is 10.3. The van der Waals surface area contributed by atoms with Gasteiger partial charge >= 0.3 is 5.97 Å². The molecule has 0 heterocycles. The molecule has 9 nitrogen and oxygen atoms in total. The first-order valence-electron chi connectivity index (χ1n) is 10.2. The van der Waals surface area contributed by atoms with Crippen LogP contribution in [0.5, 0.6) is 0 Å². The van der Waals surface area contributed by atoms with E-state index in [4.69, 9.17) is 9.84 Å². The quantitative estimate of drug-likeness (QED) is 0.305. The maximum absolute atomic E-state index is 12.2. The number of hydrogen-bond acceptors (Lipinski definition) is 7. The number of nitrogens with one attached hydrogen (secondary N) is 2. The van der Waals surface area contributed by atoms with Crippen LogP contribution in [-0.2, 0) is 19.1 Å². The van der Waals surface area contributed by atoms with Crippen molar-refractivity contribution in [3.05, 3.63) is 29.8 Å². The minimum absolute atomic E-state index is 0.218. The Bertz CT molecular complexity index is 767. The van der Waals surface area contributed by atoms with Crippen molar-refractivity contribution in [2.45, 2.75) is 71.1 Å². The van der Waals surface area contributed by atoms with Crippen molar-refractivity contribution in [1.29, 1.82) is 0 Å². The third kappa shape index (κ3) is 10.2. The van der Waals surface area contributed by atoms with Crippen LogP contribution in [0, 0.1) is 0 Å². The number of benzene rings is 1. The van der Waals surface area contributed by atoms with E-state index < -0.39 is 36.0 Å². The van der Waals surface area contributed by atoms with Gasteiger partial charge in [-0.25, -0.2) is 0 Å². The molecule has 0 bridgehead atoms. The summed E-state index contributed by atoms with van der Waals surface area (Å²) in [6.07, 6.45) is 0.409. The number of rotatable bonds is 11. The monoisotopic (exact) mass is 436 g/mol. The average Bonchev–Trinajstić information content (AvgIpc) is 2.67. The molecule has 172 valence electrons. The summed E-state index contributed by atoms with van der Waals surface area (Å²) in [7, 11) is 0. The van der Waals surface area contributed by atoms with E-state index in [0.717, 1.165) is 0 Å². The molecular formula is C22H32N2O7. The molecule has 4 N–H and O–H groups in total. The Labute approximate surface area is 182 Å². The normalized spacial score (nSPS) is 13.1. The van der Waals surface area contributed by atoms with Crippen LogP contribution in [0.1, 0.15) is 63.7 Å². The fraction of sp³-hybridized carbons (Fsp3) is 0.545. The molecule has 2 amide bonds. The summed E-state index contributed by atoms with van der Waals surface area (Å²) in [6, 6.07) is 4.81. The minimum Gasteiger partial charge on any atom is -0.460 e. The highest BCUT2D eigenvalue weighted by Gasteiger charge is 2.25. The van der Waals surface area contributed by atoms with Crippen LogP contribution in [0.3, 0.4) is 0 Å². The predicted molar refractivity (Wildman–Crippen MR) is 114 cm³/mol. The lowest BCUT2D eigenvalue weighted by molar-refractivity contribution is -0.155. The van der Waals surface area contributed by atoms with E-state index in [1.54, 1.807) is 32.9 Å². The lowest BCUT2D eigenvalue weighted by atomic mass is 10.1. The number of hydrogen-bond donors (Lipinski definition) is 4. The van der Waals surface area contributed by atoms with Gasteiger partial charge in [-0.1, -0.05) is 0 Å². The molecule has 0 saturated heterocycles. The molecule has 0 fully saturated rings. The first-order valence-corrected chi connectivity index (χ1v) is 10.2. The van der Waals surface area contributed by atoms with E-state index in [0.29, 0.717) is 18.5 Å². The number of amides is 2. The second-order valence-corrected chi connectivity index (χ2v) is 8.24. The second-order valence-electron chi connectivity index (χ2n) is 8.24. The van der Waals surface area contributed by atoms with Gasteiger partial charge in [0.2, 0.25) is 5.91 Å². The summed E-state index contributed by atoms with van der Waals surface area (Å²) in [4.78, 5) is 47.5. The third-order valence-electron chi connectivity index (χ3n) is 4.16. The number of ketones is 1. The van der Waals surface area contributed by atoms with Crippen LogP contribution in [0.15, 0.2) is 24.3 Å². The van der Waals surface area contributed by atoms with Gasteiger partial charge in [0.15, 0.2) is 5.78 Å². The zero-order chi connectivity index (χ0) is 23.6. The molecule has 1 aromatic carbocycles.